The monoisotopic (exact) mass is 300 g/mol. The number of para-hydroxylation sites is 1. The van der Waals surface area contributed by atoms with Gasteiger partial charge in [-0.05, 0) is 18.1 Å². The first-order valence-electron chi connectivity index (χ1n) is 7.31. The van der Waals surface area contributed by atoms with E-state index < -0.39 is 12.0 Å². The molecule has 1 amide bonds. The molecule has 0 aliphatic rings. The Hall–Kier alpha value is -2.43. The molecule has 1 aromatic carbocycles. The van der Waals surface area contributed by atoms with E-state index in [9.17, 15) is 9.59 Å². The van der Waals surface area contributed by atoms with Crippen molar-refractivity contribution in [3.63, 3.8) is 0 Å². The Kier molecular flexibility index (Phi) is 5.09. The van der Waals surface area contributed by atoms with Gasteiger partial charge in [0.1, 0.15) is 6.04 Å². The lowest BCUT2D eigenvalue weighted by molar-refractivity contribution is -0.144. The van der Waals surface area contributed by atoms with E-state index in [2.05, 4.69) is 10.3 Å². The summed E-state index contributed by atoms with van der Waals surface area (Å²) >= 11 is 0. The Balaban J connectivity index is 2.31. The van der Waals surface area contributed by atoms with Gasteiger partial charge in [0.25, 0.3) is 5.91 Å². The number of rotatable bonds is 5. The van der Waals surface area contributed by atoms with E-state index in [0.29, 0.717) is 11.1 Å². The summed E-state index contributed by atoms with van der Waals surface area (Å²) in [6, 6.07) is 8.45. The van der Waals surface area contributed by atoms with Crippen molar-refractivity contribution in [1.82, 2.24) is 10.3 Å². The lowest BCUT2D eigenvalue weighted by Gasteiger charge is -2.22. The molecule has 5 nitrogen and oxygen atoms in total. The molecular formula is C17H20N2O3. The smallest absolute Gasteiger partial charge is 0.328 e. The third-order valence-electron chi connectivity index (χ3n) is 3.83. The minimum Gasteiger partial charge on any atom is -0.467 e. The van der Waals surface area contributed by atoms with Crippen LogP contribution in [0.15, 0.2) is 36.5 Å². The number of methoxy groups -OCH3 is 1. The predicted octanol–water partition coefficient (Wildman–Crippen LogP) is 2.55. The molecule has 0 radical (unpaired) electrons. The van der Waals surface area contributed by atoms with Crippen LogP contribution in [0.25, 0.3) is 10.9 Å². The lowest BCUT2D eigenvalue weighted by atomic mass is 9.98. The molecule has 0 spiro atoms. The van der Waals surface area contributed by atoms with Gasteiger partial charge in [0, 0.05) is 11.6 Å². The molecule has 2 aromatic rings. The van der Waals surface area contributed by atoms with Crippen LogP contribution in [0.2, 0.25) is 0 Å². The van der Waals surface area contributed by atoms with Gasteiger partial charge in [-0.15, -0.1) is 0 Å². The van der Waals surface area contributed by atoms with Gasteiger partial charge in [0.15, 0.2) is 0 Å². The average molecular weight is 300 g/mol. The number of nitrogens with zero attached hydrogens (tertiary/aromatic N) is 1. The van der Waals surface area contributed by atoms with Gasteiger partial charge in [0.05, 0.1) is 18.2 Å². The summed E-state index contributed by atoms with van der Waals surface area (Å²) < 4.78 is 4.79. The molecule has 1 aromatic heterocycles. The first-order valence-corrected chi connectivity index (χ1v) is 7.31. The van der Waals surface area contributed by atoms with E-state index >= 15 is 0 Å². The van der Waals surface area contributed by atoms with Crippen molar-refractivity contribution in [1.29, 1.82) is 0 Å². The maximum atomic E-state index is 12.6. The summed E-state index contributed by atoms with van der Waals surface area (Å²) in [6.07, 6.45) is 2.40. The maximum Gasteiger partial charge on any atom is 0.328 e. The van der Waals surface area contributed by atoms with Crippen LogP contribution in [0, 0.1) is 5.92 Å². The Morgan fingerprint density at radius 3 is 2.68 bits per heavy atom. The Morgan fingerprint density at radius 1 is 1.27 bits per heavy atom. The van der Waals surface area contributed by atoms with Crippen molar-refractivity contribution in [2.75, 3.05) is 7.11 Å². The molecule has 0 saturated carbocycles. The van der Waals surface area contributed by atoms with Gasteiger partial charge in [-0.25, -0.2) is 4.79 Å². The minimum absolute atomic E-state index is 0.0145. The number of hydrogen-bond acceptors (Lipinski definition) is 4. The molecule has 1 heterocycles. The summed E-state index contributed by atoms with van der Waals surface area (Å²) in [5, 5.41) is 3.66. The highest BCUT2D eigenvalue weighted by Crippen LogP contribution is 2.17. The number of pyridine rings is 1. The molecule has 0 fully saturated rings. The molecule has 0 aliphatic heterocycles. The number of aromatic nitrogens is 1. The Bertz CT molecular complexity index is 679. The van der Waals surface area contributed by atoms with Gasteiger partial charge in [0.2, 0.25) is 0 Å². The zero-order chi connectivity index (χ0) is 16.1. The highest BCUT2D eigenvalue weighted by molar-refractivity contribution is 6.06. The normalized spacial score (nSPS) is 13.4. The number of amides is 1. The molecule has 2 atom stereocenters. The molecule has 22 heavy (non-hydrogen) atoms. The van der Waals surface area contributed by atoms with Crippen LogP contribution in [0.1, 0.15) is 30.6 Å². The van der Waals surface area contributed by atoms with Crippen LogP contribution in [-0.4, -0.2) is 30.0 Å². The summed E-state index contributed by atoms with van der Waals surface area (Å²) in [7, 11) is 1.32. The average Bonchev–Trinajstić information content (AvgIpc) is 2.57. The van der Waals surface area contributed by atoms with Gasteiger partial charge in [-0.2, -0.15) is 0 Å². The van der Waals surface area contributed by atoms with Crippen molar-refractivity contribution >= 4 is 22.8 Å². The van der Waals surface area contributed by atoms with Crippen molar-refractivity contribution in [2.24, 2.45) is 5.92 Å². The number of hydrogen-bond donors (Lipinski definition) is 1. The topological polar surface area (TPSA) is 68.3 Å². The van der Waals surface area contributed by atoms with Crippen molar-refractivity contribution in [3.05, 3.63) is 42.1 Å². The third-order valence-corrected chi connectivity index (χ3v) is 3.83. The first kappa shape index (κ1) is 15.9. The van der Waals surface area contributed by atoms with Crippen molar-refractivity contribution < 1.29 is 14.3 Å². The molecule has 0 unspecified atom stereocenters. The number of benzene rings is 1. The van der Waals surface area contributed by atoms with Crippen LogP contribution in [0.4, 0.5) is 0 Å². The standard InChI is InChI=1S/C17H20N2O3/c1-4-11(2)14(17(21)22-3)19-16(20)13-9-5-7-12-8-6-10-18-15(12)13/h5-11,14H,4H2,1-3H3,(H,19,20)/t11-,14+/m0/s1. The molecule has 5 heteroatoms. The zero-order valence-corrected chi connectivity index (χ0v) is 13.0. The maximum absolute atomic E-state index is 12.6. The van der Waals surface area contributed by atoms with E-state index in [-0.39, 0.29) is 11.8 Å². The van der Waals surface area contributed by atoms with E-state index in [4.69, 9.17) is 4.74 Å². The van der Waals surface area contributed by atoms with E-state index in [1.807, 2.05) is 32.0 Å². The summed E-state index contributed by atoms with van der Waals surface area (Å²) in [6.45, 7) is 3.87. The summed E-state index contributed by atoms with van der Waals surface area (Å²) in [4.78, 5) is 28.7. The molecular weight excluding hydrogens is 280 g/mol. The van der Waals surface area contributed by atoms with Crippen LogP contribution < -0.4 is 5.32 Å². The second kappa shape index (κ2) is 7.02. The Labute approximate surface area is 129 Å². The highest BCUT2D eigenvalue weighted by atomic mass is 16.5. The van der Waals surface area contributed by atoms with Crippen LogP contribution in [0.3, 0.4) is 0 Å². The largest absolute Gasteiger partial charge is 0.467 e. The minimum atomic E-state index is -0.665. The van der Waals surface area contributed by atoms with Gasteiger partial charge in [-0.3, -0.25) is 9.78 Å². The number of esters is 1. The van der Waals surface area contributed by atoms with Crippen LogP contribution in [-0.2, 0) is 9.53 Å². The SMILES string of the molecule is CC[C@H](C)[C@@H](NC(=O)c1cccc2cccnc12)C(=O)OC. The first-order chi connectivity index (χ1) is 10.6. The Morgan fingerprint density at radius 2 is 2.00 bits per heavy atom. The fourth-order valence-corrected chi connectivity index (χ4v) is 2.30. The molecule has 0 aliphatic carbocycles. The highest BCUT2D eigenvalue weighted by Gasteiger charge is 2.27. The fourth-order valence-electron chi connectivity index (χ4n) is 2.30. The second-order valence-electron chi connectivity index (χ2n) is 5.24. The quantitative estimate of drug-likeness (QED) is 0.862. The number of nitrogens with one attached hydrogen (secondary N) is 1. The van der Waals surface area contributed by atoms with Gasteiger partial charge in [-0.1, -0.05) is 38.5 Å². The number of carbonyl (C=O) groups excluding carboxylic acids is 2. The number of fused-ring (bicyclic) bond motifs is 1. The lowest BCUT2D eigenvalue weighted by Crippen LogP contribution is -2.45. The van der Waals surface area contributed by atoms with E-state index in [1.165, 1.54) is 7.11 Å². The third kappa shape index (κ3) is 3.24. The predicted molar refractivity (Wildman–Crippen MR) is 84.5 cm³/mol. The molecule has 1 N–H and O–H groups in total. The molecule has 0 bridgehead atoms. The van der Waals surface area contributed by atoms with Gasteiger partial charge >= 0.3 is 5.97 Å². The van der Waals surface area contributed by atoms with Crippen LogP contribution in [0.5, 0.6) is 0 Å². The summed E-state index contributed by atoms with van der Waals surface area (Å²) in [5.41, 5.74) is 1.07. The molecule has 116 valence electrons. The fraction of sp³-hybridized carbons (Fsp3) is 0.353. The van der Waals surface area contributed by atoms with Crippen molar-refractivity contribution in [3.8, 4) is 0 Å². The molecule has 2 rings (SSSR count). The number of carbonyl (C=O) groups is 2. The van der Waals surface area contributed by atoms with Crippen molar-refractivity contribution in [2.45, 2.75) is 26.3 Å². The van der Waals surface area contributed by atoms with Crippen LogP contribution >= 0.6 is 0 Å². The zero-order valence-electron chi connectivity index (χ0n) is 13.0. The van der Waals surface area contributed by atoms with E-state index in [1.54, 1.807) is 18.3 Å². The molecule has 0 saturated heterocycles. The number of ether oxygens (including phenoxy) is 1. The second-order valence-corrected chi connectivity index (χ2v) is 5.24. The van der Waals surface area contributed by atoms with Gasteiger partial charge < -0.3 is 10.1 Å². The van der Waals surface area contributed by atoms with E-state index in [0.717, 1.165) is 11.8 Å². The summed E-state index contributed by atoms with van der Waals surface area (Å²) in [5.74, 6) is -0.768.